The molecule has 0 aliphatic heterocycles. The van der Waals surface area contributed by atoms with Gasteiger partial charge in [-0.25, -0.2) is 4.98 Å². The SMILES string of the molecule is COc1ccc(Cc2nc(SCc3ccc(C(F)(F)F)cc3)[nH]c(=O)c2Cl)cc1OC. The predicted octanol–water partition coefficient (Wildman–Crippen LogP) is 5.34. The fourth-order valence-electron chi connectivity index (χ4n) is 2.79. The van der Waals surface area contributed by atoms with Gasteiger partial charge < -0.3 is 14.5 Å². The lowest BCUT2D eigenvalue weighted by atomic mass is 10.1. The Morgan fingerprint density at radius 3 is 2.29 bits per heavy atom. The Bertz CT molecular complexity index is 1120. The zero-order valence-corrected chi connectivity index (χ0v) is 18.1. The van der Waals surface area contributed by atoms with Crippen molar-refractivity contribution in [2.75, 3.05) is 14.2 Å². The molecular weight excluding hydrogens is 453 g/mol. The van der Waals surface area contributed by atoms with Gasteiger partial charge in [0.05, 0.1) is 25.5 Å². The third-order valence-corrected chi connectivity index (χ3v) is 5.72. The van der Waals surface area contributed by atoms with E-state index < -0.39 is 17.3 Å². The fourth-order valence-corrected chi connectivity index (χ4v) is 3.79. The van der Waals surface area contributed by atoms with Crippen molar-refractivity contribution in [2.24, 2.45) is 0 Å². The maximum absolute atomic E-state index is 12.7. The molecule has 0 fully saturated rings. The number of H-pyrrole nitrogens is 1. The fraction of sp³-hybridized carbons (Fsp3) is 0.238. The molecule has 1 heterocycles. The van der Waals surface area contributed by atoms with Crippen molar-refractivity contribution in [3.63, 3.8) is 0 Å². The Hall–Kier alpha value is -2.65. The van der Waals surface area contributed by atoms with Gasteiger partial charge >= 0.3 is 6.18 Å². The Kier molecular flexibility index (Phi) is 7.17. The molecule has 0 amide bonds. The number of hydrogen-bond donors (Lipinski definition) is 1. The van der Waals surface area contributed by atoms with Gasteiger partial charge in [0, 0.05) is 12.2 Å². The molecular formula is C21H18ClF3N2O3S. The summed E-state index contributed by atoms with van der Waals surface area (Å²) in [4.78, 5) is 19.2. The number of benzene rings is 2. The van der Waals surface area contributed by atoms with Gasteiger partial charge in [0.25, 0.3) is 5.56 Å². The molecule has 3 rings (SSSR count). The number of hydrogen-bond acceptors (Lipinski definition) is 5. The van der Waals surface area contributed by atoms with Gasteiger partial charge in [0.1, 0.15) is 5.02 Å². The van der Waals surface area contributed by atoms with Crippen molar-refractivity contribution in [3.05, 3.63) is 80.2 Å². The van der Waals surface area contributed by atoms with Crippen LogP contribution in [0.15, 0.2) is 52.4 Å². The lowest BCUT2D eigenvalue weighted by molar-refractivity contribution is -0.137. The Morgan fingerprint density at radius 2 is 1.68 bits per heavy atom. The minimum absolute atomic E-state index is 0.0198. The van der Waals surface area contributed by atoms with Crippen LogP contribution in [-0.4, -0.2) is 24.2 Å². The van der Waals surface area contributed by atoms with Crippen LogP contribution in [-0.2, 0) is 18.3 Å². The zero-order chi connectivity index (χ0) is 22.6. The molecule has 1 aromatic heterocycles. The molecule has 164 valence electrons. The van der Waals surface area contributed by atoms with Crippen LogP contribution < -0.4 is 15.0 Å². The van der Waals surface area contributed by atoms with Crippen LogP contribution >= 0.6 is 23.4 Å². The molecule has 2 aromatic carbocycles. The molecule has 0 aliphatic carbocycles. The molecule has 0 saturated heterocycles. The van der Waals surface area contributed by atoms with E-state index in [-0.39, 0.29) is 11.4 Å². The van der Waals surface area contributed by atoms with E-state index in [1.165, 1.54) is 38.1 Å². The first-order valence-corrected chi connectivity index (χ1v) is 10.4. The number of alkyl halides is 3. The highest BCUT2D eigenvalue weighted by atomic mass is 35.5. The predicted molar refractivity (Wildman–Crippen MR) is 113 cm³/mol. The summed E-state index contributed by atoms with van der Waals surface area (Å²) >= 11 is 7.34. The van der Waals surface area contributed by atoms with Crippen LogP contribution in [0.25, 0.3) is 0 Å². The van der Waals surface area contributed by atoms with Crippen molar-refractivity contribution in [3.8, 4) is 11.5 Å². The highest BCUT2D eigenvalue weighted by molar-refractivity contribution is 7.98. The number of nitrogens with zero attached hydrogens (tertiary/aromatic N) is 1. The maximum Gasteiger partial charge on any atom is 0.416 e. The quantitative estimate of drug-likeness (QED) is 0.373. The summed E-state index contributed by atoms with van der Waals surface area (Å²) in [5.41, 5.74) is 0.666. The van der Waals surface area contributed by atoms with Gasteiger partial charge in [-0.2, -0.15) is 13.2 Å². The summed E-state index contributed by atoms with van der Waals surface area (Å²) in [5, 5.41) is 0.304. The summed E-state index contributed by atoms with van der Waals surface area (Å²) in [6, 6.07) is 10.2. The molecule has 0 radical (unpaired) electrons. The number of thioether (sulfide) groups is 1. The molecule has 3 aromatic rings. The van der Waals surface area contributed by atoms with Crippen molar-refractivity contribution in [1.29, 1.82) is 0 Å². The summed E-state index contributed by atoms with van der Waals surface area (Å²) < 4.78 is 48.6. The van der Waals surface area contributed by atoms with Gasteiger partial charge in [0.15, 0.2) is 16.7 Å². The number of aromatic amines is 1. The van der Waals surface area contributed by atoms with E-state index in [1.54, 1.807) is 12.1 Å². The second-order valence-corrected chi connectivity index (χ2v) is 7.82. The van der Waals surface area contributed by atoms with Gasteiger partial charge in [0.2, 0.25) is 0 Å². The summed E-state index contributed by atoms with van der Waals surface area (Å²) in [5.74, 6) is 1.44. The van der Waals surface area contributed by atoms with E-state index in [0.717, 1.165) is 17.7 Å². The van der Waals surface area contributed by atoms with E-state index in [2.05, 4.69) is 9.97 Å². The molecule has 5 nitrogen and oxygen atoms in total. The van der Waals surface area contributed by atoms with E-state index >= 15 is 0 Å². The number of aromatic nitrogens is 2. The van der Waals surface area contributed by atoms with E-state index in [0.29, 0.717) is 33.7 Å². The third kappa shape index (κ3) is 5.74. The molecule has 31 heavy (non-hydrogen) atoms. The molecule has 10 heteroatoms. The Balaban J connectivity index is 1.77. The molecule has 0 saturated carbocycles. The van der Waals surface area contributed by atoms with Crippen molar-refractivity contribution in [2.45, 2.75) is 23.5 Å². The lowest BCUT2D eigenvalue weighted by Gasteiger charge is -2.11. The normalized spacial score (nSPS) is 11.4. The largest absolute Gasteiger partial charge is 0.493 e. The smallest absolute Gasteiger partial charge is 0.416 e. The average Bonchev–Trinajstić information content (AvgIpc) is 2.75. The molecule has 0 bridgehead atoms. The van der Waals surface area contributed by atoms with Crippen LogP contribution in [0, 0.1) is 0 Å². The zero-order valence-electron chi connectivity index (χ0n) is 16.5. The maximum atomic E-state index is 12.7. The topological polar surface area (TPSA) is 64.2 Å². The van der Waals surface area contributed by atoms with Crippen LogP contribution in [0.1, 0.15) is 22.4 Å². The number of nitrogens with one attached hydrogen (secondary N) is 1. The number of methoxy groups -OCH3 is 2. The van der Waals surface area contributed by atoms with E-state index in [1.807, 2.05) is 6.07 Å². The van der Waals surface area contributed by atoms with Gasteiger partial charge in [-0.15, -0.1) is 0 Å². The molecule has 0 aliphatic rings. The highest BCUT2D eigenvalue weighted by Gasteiger charge is 2.29. The number of ether oxygens (including phenoxy) is 2. The van der Waals surface area contributed by atoms with Crippen LogP contribution in [0.3, 0.4) is 0 Å². The number of rotatable bonds is 7. The standard InChI is InChI=1S/C21H18ClF3N2O3S/c1-29-16-8-5-13(10-17(16)30-2)9-15-18(22)19(28)27-20(26-15)31-11-12-3-6-14(7-4-12)21(23,24)25/h3-8,10H,9,11H2,1-2H3,(H,26,27,28). The Morgan fingerprint density at radius 1 is 1.03 bits per heavy atom. The van der Waals surface area contributed by atoms with Crippen molar-refractivity contribution < 1.29 is 22.6 Å². The van der Waals surface area contributed by atoms with Crippen molar-refractivity contribution >= 4 is 23.4 Å². The first-order valence-electron chi connectivity index (χ1n) is 8.99. The highest BCUT2D eigenvalue weighted by Crippen LogP contribution is 2.31. The number of halogens is 4. The first-order chi connectivity index (χ1) is 14.7. The molecule has 0 atom stereocenters. The summed E-state index contributed by atoms with van der Waals surface area (Å²) in [7, 11) is 3.06. The lowest BCUT2D eigenvalue weighted by Crippen LogP contribution is -2.13. The van der Waals surface area contributed by atoms with Crippen LogP contribution in [0.4, 0.5) is 13.2 Å². The monoisotopic (exact) mass is 470 g/mol. The second-order valence-electron chi connectivity index (χ2n) is 6.48. The van der Waals surface area contributed by atoms with E-state index in [4.69, 9.17) is 21.1 Å². The average molecular weight is 471 g/mol. The molecule has 0 unspecified atom stereocenters. The van der Waals surface area contributed by atoms with Gasteiger partial charge in [-0.05, 0) is 35.4 Å². The minimum atomic E-state index is -4.38. The van der Waals surface area contributed by atoms with Gasteiger partial charge in [-0.3, -0.25) is 4.79 Å². The summed E-state index contributed by atoms with van der Waals surface area (Å²) in [6.45, 7) is 0. The second kappa shape index (κ2) is 9.65. The van der Waals surface area contributed by atoms with Crippen molar-refractivity contribution in [1.82, 2.24) is 9.97 Å². The third-order valence-electron chi connectivity index (χ3n) is 4.39. The Labute approximate surface area is 185 Å². The first kappa shape index (κ1) is 23.0. The molecule has 0 spiro atoms. The van der Waals surface area contributed by atoms with Crippen LogP contribution in [0.2, 0.25) is 5.02 Å². The molecule has 1 N–H and O–H groups in total. The van der Waals surface area contributed by atoms with Crippen LogP contribution in [0.5, 0.6) is 11.5 Å². The minimum Gasteiger partial charge on any atom is -0.493 e. The van der Waals surface area contributed by atoms with Gasteiger partial charge in [-0.1, -0.05) is 41.6 Å². The van der Waals surface area contributed by atoms with E-state index in [9.17, 15) is 18.0 Å². The summed E-state index contributed by atoms with van der Waals surface area (Å²) in [6.07, 6.45) is -4.09.